The molecule has 1 N–H and O–H groups in total. The van der Waals surface area contributed by atoms with Crippen LogP contribution in [0.1, 0.15) is 25.1 Å². The molecule has 2 unspecified atom stereocenters. The second-order valence-corrected chi connectivity index (χ2v) is 4.22. The second kappa shape index (κ2) is 4.63. The first-order chi connectivity index (χ1) is 5.74. The van der Waals surface area contributed by atoms with Gasteiger partial charge in [0, 0.05) is 4.88 Å². The van der Waals surface area contributed by atoms with Crippen LogP contribution in [0.25, 0.3) is 0 Å². The molecule has 0 aliphatic rings. The Bertz CT molecular complexity index is 204. The fourth-order valence-electron chi connectivity index (χ4n) is 1.34. The van der Waals surface area contributed by atoms with Crippen LogP contribution in [-0.2, 0) is 6.42 Å². The van der Waals surface area contributed by atoms with Gasteiger partial charge in [0.2, 0.25) is 0 Å². The molecule has 0 saturated heterocycles. The fourth-order valence-corrected chi connectivity index (χ4v) is 2.14. The molecule has 0 bridgehead atoms. The average molecular weight is 184 g/mol. The van der Waals surface area contributed by atoms with Gasteiger partial charge in [-0.25, -0.2) is 0 Å². The van der Waals surface area contributed by atoms with E-state index < -0.39 is 0 Å². The Morgan fingerprint density at radius 3 is 2.75 bits per heavy atom. The molecule has 1 nitrogen and oxygen atoms in total. The lowest BCUT2D eigenvalue weighted by molar-refractivity contribution is 0.123. The average Bonchev–Trinajstić information content (AvgIpc) is 2.51. The number of aliphatic hydroxyl groups is 1. The predicted octanol–water partition coefficient (Wildman–Crippen LogP) is 2.70. The minimum atomic E-state index is -0.183. The molecule has 0 radical (unpaired) electrons. The number of aliphatic hydroxyl groups excluding tert-OH is 1. The summed E-state index contributed by atoms with van der Waals surface area (Å²) in [5.41, 5.74) is 0. The van der Waals surface area contributed by atoms with E-state index >= 15 is 0 Å². The van der Waals surface area contributed by atoms with Gasteiger partial charge in [-0.3, -0.25) is 0 Å². The number of rotatable bonds is 4. The molecule has 0 aromatic carbocycles. The highest BCUT2D eigenvalue weighted by atomic mass is 32.1. The molecule has 1 aromatic rings. The quantitative estimate of drug-likeness (QED) is 0.762. The Morgan fingerprint density at radius 2 is 2.33 bits per heavy atom. The molecule has 0 fully saturated rings. The van der Waals surface area contributed by atoms with E-state index in [1.807, 2.05) is 6.92 Å². The number of hydrogen-bond acceptors (Lipinski definition) is 2. The van der Waals surface area contributed by atoms with Crippen molar-refractivity contribution in [1.82, 2.24) is 0 Å². The van der Waals surface area contributed by atoms with Crippen molar-refractivity contribution in [3.63, 3.8) is 0 Å². The highest BCUT2D eigenvalue weighted by Gasteiger charge is 2.13. The highest BCUT2D eigenvalue weighted by molar-refractivity contribution is 7.09. The summed E-state index contributed by atoms with van der Waals surface area (Å²) in [5.74, 6) is 0.420. The third-order valence-corrected chi connectivity index (χ3v) is 3.15. The maximum Gasteiger partial charge on any atom is 0.0543 e. The van der Waals surface area contributed by atoms with Gasteiger partial charge < -0.3 is 5.11 Å². The molecule has 0 aliphatic heterocycles. The van der Waals surface area contributed by atoms with Crippen molar-refractivity contribution < 1.29 is 5.11 Å². The summed E-state index contributed by atoms with van der Waals surface area (Å²) in [6.45, 7) is 4.01. The standard InChI is InChI=1S/C10H16OS/c1-3-9(8(2)11)7-10-5-4-6-12-10/h4-6,8-9,11H,3,7H2,1-2H3. The van der Waals surface area contributed by atoms with Crippen LogP contribution in [0.2, 0.25) is 0 Å². The molecule has 1 aromatic heterocycles. The van der Waals surface area contributed by atoms with E-state index in [-0.39, 0.29) is 6.10 Å². The fraction of sp³-hybridized carbons (Fsp3) is 0.600. The first-order valence-corrected chi connectivity index (χ1v) is 5.32. The van der Waals surface area contributed by atoms with Gasteiger partial charge in [0.1, 0.15) is 0 Å². The van der Waals surface area contributed by atoms with Crippen molar-refractivity contribution in [3.8, 4) is 0 Å². The Kier molecular flexibility index (Phi) is 3.76. The molecule has 0 aliphatic carbocycles. The smallest absolute Gasteiger partial charge is 0.0543 e. The summed E-state index contributed by atoms with van der Waals surface area (Å²) < 4.78 is 0. The van der Waals surface area contributed by atoms with Gasteiger partial charge >= 0.3 is 0 Å². The Hall–Kier alpha value is -0.340. The zero-order valence-corrected chi connectivity index (χ0v) is 8.47. The third kappa shape index (κ3) is 2.61. The van der Waals surface area contributed by atoms with Crippen molar-refractivity contribution in [2.45, 2.75) is 32.8 Å². The SMILES string of the molecule is CCC(Cc1cccs1)C(C)O. The normalized spacial score (nSPS) is 15.9. The summed E-state index contributed by atoms with van der Waals surface area (Å²) in [6.07, 6.45) is 1.89. The van der Waals surface area contributed by atoms with Gasteiger partial charge in [-0.1, -0.05) is 19.4 Å². The van der Waals surface area contributed by atoms with E-state index in [1.165, 1.54) is 4.88 Å². The maximum atomic E-state index is 9.42. The predicted molar refractivity (Wildman–Crippen MR) is 53.5 cm³/mol. The maximum absolute atomic E-state index is 9.42. The van der Waals surface area contributed by atoms with Crippen molar-refractivity contribution in [2.75, 3.05) is 0 Å². The van der Waals surface area contributed by atoms with Crippen LogP contribution < -0.4 is 0 Å². The zero-order valence-electron chi connectivity index (χ0n) is 7.66. The highest BCUT2D eigenvalue weighted by Crippen LogP contribution is 2.19. The summed E-state index contributed by atoms with van der Waals surface area (Å²) in [7, 11) is 0. The molecule has 0 amide bonds. The minimum Gasteiger partial charge on any atom is -0.393 e. The first kappa shape index (κ1) is 9.75. The Balaban J connectivity index is 2.48. The molecule has 12 heavy (non-hydrogen) atoms. The molecular weight excluding hydrogens is 168 g/mol. The van der Waals surface area contributed by atoms with Crippen LogP contribution in [0, 0.1) is 5.92 Å². The van der Waals surface area contributed by atoms with Gasteiger partial charge in [-0.2, -0.15) is 0 Å². The van der Waals surface area contributed by atoms with E-state index in [1.54, 1.807) is 11.3 Å². The summed E-state index contributed by atoms with van der Waals surface area (Å²) >= 11 is 1.77. The van der Waals surface area contributed by atoms with E-state index in [4.69, 9.17) is 0 Å². The number of hydrogen-bond donors (Lipinski definition) is 1. The van der Waals surface area contributed by atoms with E-state index in [0.29, 0.717) is 5.92 Å². The van der Waals surface area contributed by atoms with Gasteiger partial charge in [0.25, 0.3) is 0 Å². The third-order valence-electron chi connectivity index (χ3n) is 2.25. The van der Waals surface area contributed by atoms with Crippen LogP contribution in [0.3, 0.4) is 0 Å². The molecule has 0 spiro atoms. The van der Waals surface area contributed by atoms with E-state index in [0.717, 1.165) is 12.8 Å². The molecule has 0 saturated carbocycles. The van der Waals surface area contributed by atoms with Crippen molar-refractivity contribution in [2.24, 2.45) is 5.92 Å². The van der Waals surface area contributed by atoms with Crippen molar-refractivity contribution >= 4 is 11.3 Å². The van der Waals surface area contributed by atoms with E-state index in [9.17, 15) is 5.11 Å². The summed E-state index contributed by atoms with van der Waals surface area (Å²) in [5, 5.41) is 11.5. The van der Waals surface area contributed by atoms with Gasteiger partial charge in [-0.15, -0.1) is 11.3 Å². The lowest BCUT2D eigenvalue weighted by atomic mass is 9.96. The van der Waals surface area contributed by atoms with Crippen LogP contribution in [0.4, 0.5) is 0 Å². The molecule has 1 rings (SSSR count). The minimum absolute atomic E-state index is 0.183. The molecule has 1 heterocycles. The summed E-state index contributed by atoms with van der Waals surface area (Å²) in [4.78, 5) is 1.38. The van der Waals surface area contributed by atoms with Gasteiger partial charge in [0.15, 0.2) is 0 Å². The van der Waals surface area contributed by atoms with Crippen LogP contribution in [-0.4, -0.2) is 11.2 Å². The summed E-state index contributed by atoms with van der Waals surface area (Å²) in [6, 6.07) is 4.20. The van der Waals surface area contributed by atoms with Crippen molar-refractivity contribution in [1.29, 1.82) is 0 Å². The lowest BCUT2D eigenvalue weighted by Gasteiger charge is -2.16. The van der Waals surface area contributed by atoms with Crippen LogP contribution >= 0.6 is 11.3 Å². The molecule has 68 valence electrons. The Morgan fingerprint density at radius 1 is 1.58 bits per heavy atom. The second-order valence-electron chi connectivity index (χ2n) is 3.19. The van der Waals surface area contributed by atoms with Gasteiger partial charge in [0.05, 0.1) is 6.10 Å². The van der Waals surface area contributed by atoms with Crippen molar-refractivity contribution in [3.05, 3.63) is 22.4 Å². The molecule has 2 heteroatoms. The lowest BCUT2D eigenvalue weighted by Crippen LogP contribution is -2.17. The monoisotopic (exact) mass is 184 g/mol. The zero-order chi connectivity index (χ0) is 8.97. The largest absolute Gasteiger partial charge is 0.393 e. The topological polar surface area (TPSA) is 20.2 Å². The first-order valence-electron chi connectivity index (χ1n) is 4.44. The molecular formula is C10H16OS. The molecule has 2 atom stereocenters. The van der Waals surface area contributed by atoms with Crippen LogP contribution in [0.15, 0.2) is 17.5 Å². The number of thiophene rings is 1. The van der Waals surface area contributed by atoms with Crippen LogP contribution in [0.5, 0.6) is 0 Å². The Labute approximate surface area is 78.1 Å². The van der Waals surface area contributed by atoms with Gasteiger partial charge in [-0.05, 0) is 30.7 Å². The van der Waals surface area contributed by atoms with E-state index in [2.05, 4.69) is 24.4 Å².